The average molecular weight is 372 g/mol. The number of halogens is 1. The van der Waals surface area contributed by atoms with Crippen LogP contribution in [0.4, 0.5) is 4.39 Å². The lowest BCUT2D eigenvalue weighted by Crippen LogP contribution is -2.37. The van der Waals surface area contributed by atoms with E-state index >= 15 is 0 Å². The van der Waals surface area contributed by atoms with Crippen LogP contribution in [0.1, 0.15) is 25.8 Å². The van der Waals surface area contributed by atoms with Gasteiger partial charge in [-0.25, -0.2) is 8.91 Å². The Bertz CT molecular complexity index is 1020. The molecular formula is C19H21FN4O3. The lowest BCUT2D eigenvalue weighted by molar-refractivity contribution is -0.122. The summed E-state index contributed by atoms with van der Waals surface area (Å²) in [6.45, 7) is 3.32. The van der Waals surface area contributed by atoms with Gasteiger partial charge in [-0.2, -0.15) is 5.10 Å². The van der Waals surface area contributed by atoms with Crippen molar-refractivity contribution in [1.29, 1.82) is 0 Å². The third-order valence-electron chi connectivity index (χ3n) is 4.47. The van der Waals surface area contributed by atoms with Crippen molar-refractivity contribution in [3.05, 3.63) is 58.4 Å². The maximum absolute atomic E-state index is 13.2. The van der Waals surface area contributed by atoms with Crippen molar-refractivity contribution >= 4 is 11.4 Å². The Hall–Kier alpha value is -3.00. The van der Waals surface area contributed by atoms with Crippen LogP contribution in [0.25, 0.3) is 16.8 Å². The first-order chi connectivity index (χ1) is 12.9. The van der Waals surface area contributed by atoms with E-state index in [2.05, 4.69) is 10.4 Å². The number of hydrogen-bond acceptors (Lipinski definition) is 4. The number of carbonyl (C=O) groups is 1. The Morgan fingerprint density at radius 2 is 2.00 bits per heavy atom. The number of aromatic nitrogens is 3. The number of aliphatic hydroxyl groups excluding tert-OH is 1. The number of nitrogens with one attached hydrogen (secondary N) is 1. The highest BCUT2D eigenvalue weighted by Crippen LogP contribution is 2.25. The first kappa shape index (κ1) is 18.8. The van der Waals surface area contributed by atoms with Crippen LogP contribution in [-0.4, -0.2) is 31.2 Å². The molecule has 2 heterocycles. The summed E-state index contributed by atoms with van der Waals surface area (Å²) in [7, 11) is 0. The molecule has 3 aromatic rings. The van der Waals surface area contributed by atoms with Crippen molar-refractivity contribution in [3.8, 4) is 11.3 Å². The summed E-state index contributed by atoms with van der Waals surface area (Å²) in [5, 5.41) is 17.0. The molecule has 2 aromatic heterocycles. The summed E-state index contributed by atoms with van der Waals surface area (Å²) in [4.78, 5) is 25.0. The monoisotopic (exact) mass is 372 g/mol. The molecule has 27 heavy (non-hydrogen) atoms. The fourth-order valence-corrected chi connectivity index (χ4v) is 2.84. The van der Waals surface area contributed by atoms with Gasteiger partial charge in [0, 0.05) is 29.6 Å². The number of amides is 1. The van der Waals surface area contributed by atoms with Gasteiger partial charge in [-0.1, -0.05) is 6.92 Å². The largest absolute Gasteiger partial charge is 0.392 e. The lowest BCUT2D eigenvalue weighted by Gasteiger charge is -2.12. The van der Waals surface area contributed by atoms with E-state index < -0.39 is 12.2 Å². The van der Waals surface area contributed by atoms with Gasteiger partial charge in [-0.05, 0) is 37.6 Å². The third kappa shape index (κ3) is 3.75. The minimum Gasteiger partial charge on any atom is -0.392 e. The molecule has 1 atom stereocenters. The highest BCUT2D eigenvalue weighted by Gasteiger charge is 2.18. The number of aliphatic hydroxyl groups is 1. The summed E-state index contributed by atoms with van der Waals surface area (Å²) in [6.07, 6.45) is 3.82. The van der Waals surface area contributed by atoms with Crippen molar-refractivity contribution < 1.29 is 14.3 Å². The molecule has 0 aliphatic heterocycles. The highest BCUT2D eigenvalue weighted by atomic mass is 19.1. The fraction of sp³-hybridized carbons (Fsp3) is 0.316. The van der Waals surface area contributed by atoms with Gasteiger partial charge in [-0.15, -0.1) is 0 Å². The van der Waals surface area contributed by atoms with Crippen molar-refractivity contribution in [2.75, 3.05) is 0 Å². The van der Waals surface area contributed by atoms with Crippen LogP contribution in [-0.2, 0) is 17.9 Å². The number of carbonyl (C=O) groups excluding carboxylic acids is 1. The fourth-order valence-electron chi connectivity index (χ4n) is 2.84. The van der Waals surface area contributed by atoms with Crippen LogP contribution in [0, 0.1) is 5.82 Å². The Morgan fingerprint density at radius 1 is 1.30 bits per heavy atom. The SMILES string of the molecule is CCC(C)NC(=O)Cn1ccn2nc(-c3ccc(F)cc3)c(CO)c2c1=O. The average Bonchev–Trinajstić information content (AvgIpc) is 3.03. The van der Waals surface area contributed by atoms with Gasteiger partial charge < -0.3 is 15.0 Å². The van der Waals surface area contributed by atoms with Crippen LogP contribution in [0.3, 0.4) is 0 Å². The van der Waals surface area contributed by atoms with Gasteiger partial charge in [0.25, 0.3) is 5.56 Å². The van der Waals surface area contributed by atoms with E-state index in [0.717, 1.165) is 6.42 Å². The zero-order valence-corrected chi connectivity index (χ0v) is 15.1. The number of benzene rings is 1. The van der Waals surface area contributed by atoms with Gasteiger partial charge in [0.1, 0.15) is 17.9 Å². The second-order valence-electron chi connectivity index (χ2n) is 6.39. The summed E-state index contributed by atoms with van der Waals surface area (Å²) in [6, 6.07) is 5.67. The standard InChI is InChI=1S/C19H21FN4O3/c1-3-12(2)21-16(26)10-23-8-9-24-18(19(23)27)15(11-25)17(22-24)13-4-6-14(20)7-5-13/h4-9,12,25H,3,10-11H2,1-2H3,(H,21,26). The van der Waals surface area contributed by atoms with E-state index in [-0.39, 0.29) is 29.8 Å². The van der Waals surface area contributed by atoms with Gasteiger partial charge in [0.05, 0.1) is 12.3 Å². The van der Waals surface area contributed by atoms with Crippen molar-refractivity contribution in [1.82, 2.24) is 19.5 Å². The molecule has 0 fully saturated rings. The molecule has 0 spiro atoms. The third-order valence-corrected chi connectivity index (χ3v) is 4.47. The predicted molar refractivity (Wildman–Crippen MR) is 98.7 cm³/mol. The van der Waals surface area contributed by atoms with Crippen LogP contribution in [0.15, 0.2) is 41.5 Å². The summed E-state index contributed by atoms with van der Waals surface area (Å²) in [5.74, 6) is -0.651. The Balaban J connectivity index is 2.04. The van der Waals surface area contributed by atoms with E-state index in [4.69, 9.17) is 0 Å². The summed E-state index contributed by atoms with van der Waals surface area (Å²) < 4.78 is 15.8. The summed E-state index contributed by atoms with van der Waals surface area (Å²) >= 11 is 0. The van der Waals surface area contributed by atoms with Crippen molar-refractivity contribution in [2.24, 2.45) is 0 Å². The molecule has 0 aliphatic rings. The molecule has 0 bridgehead atoms. The van der Waals surface area contributed by atoms with Gasteiger partial charge in [-0.3, -0.25) is 9.59 Å². The van der Waals surface area contributed by atoms with Gasteiger partial charge in [0.2, 0.25) is 5.91 Å². The molecule has 0 saturated heterocycles. The van der Waals surface area contributed by atoms with E-state index in [1.807, 2.05) is 13.8 Å². The van der Waals surface area contributed by atoms with E-state index in [0.29, 0.717) is 16.8 Å². The second kappa shape index (κ2) is 7.71. The normalized spacial score (nSPS) is 12.3. The Morgan fingerprint density at radius 3 is 2.63 bits per heavy atom. The quantitative estimate of drug-likeness (QED) is 0.689. The minimum atomic E-state index is -0.429. The molecule has 1 aromatic carbocycles. The number of rotatable bonds is 6. The molecule has 0 aliphatic carbocycles. The molecule has 1 unspecified atom stereocenters. The molecule has 142 valence electrons. The Labute approximate surface area is 155 Å². The lowest BCUT2D eigenvalue weighted by atomic mass is 10.1. The van der Waals surface area contributed by atoms with Crippen molar-refractivity contribution in [3.63, 3.8) is 0 Å². The van der Waals surface area contributed by atoms with Crippen LogP contribution >= 0.6 is 0 Å². The van der Waals surface area contributed by atoms with E-state index in [9.17, 15) is 19.1 Å². The maximum atomic E-state index is 13.2. The predicted octanol–water partition coefficient (Wildman–Crippen LogP) is 1.71. The smallest absolute Gasteiger partial charge is 0.277 e. The first-order valence-corrected chi connectivity index (χ1v) is 8.71. The van der Waals surface area contributed by atoms with Crippen LogP contribution in [0.2, 0.25) is 0 Å². The molecule has 1 amide bonds. The van der Waals surface area contributed by atoms with Crippen molar-refractivity contribution in [2.45, 2.75) is 39.5 Å². The molecule has 0 saturated carbocycles. The zero-order chi connectivity index (χ0) is 19.6. The van der Waals surface area contributed by atoms with Gasteiger partial charge >= 0.3 is 0 Å². The van der Waals surface area contributed by atoms with E-state index in [1.54, 1.807) is 6.20 Å². The van der Waals surface area contributed by atoms with Crippen LogP contribution < -0.4 is 10.9 Å². The molecular weight excluding hydrogens is 351 g/mol. The minimum absolute atomic E-state index is 0.0185. The number of nitrogens with zero attached hydrogens (tertiary/aromatic N) is 3. The second-order valence-corrected chi connectivity index (χ2v) is 6.39. The van der Waals surface area contributed by atoms with Gasteiger partial charge in [0.15, 0.2) is 0 Å². The molecule has 8 heteroatoms. The first-order valence-electron chi connectivity index (χ1n) is 8.71. The maximum Gasteiger partial charge on any atom is 0.277 e. The topological polar surface area (TPSA) is 88.6 Å². The highest BCUT2D eigenvalue weighted by molar-refractivity contribution is 5.76. The molecule has 3 rings (SSSR count). The number of hydrogen-bond donors (Lipinski definition) is 2. The molecule has 7 nitrogen and oxygen atoms in total. The zero-order valence-electron chi connectivity index (χ0n) is 15.1. The molecule has 0 radical (unpaired) electrons. The van der Waals surface area contributed by atoms with E-state index in [1.165, 1.54) is 39.5 Å². The number of fused-ring (bicyclic) bond motifs is 1. The molecule has 2 N–H and O–H groups in total. The van der Waals surface area contributed by atoms with Crippen LogP contribution in [0.5, 0.6) is 0 Å². The Kier molecular flexibility index (Phi) is 5.36. The summed E-state index contributed by atoms with van der Waals surface area (Å²) in [5.41, 5.74) is 1.08.